The number of halogens is 3. The van der Waals surface area contributed by atoms with Gasteiger partial charge in [-0.25, -0.2) is 4.98 Å². The van der Waals surface area contributed by atoms with E-state index in [0.29, 0.717) is 23.8 Å². The highest BCUT2D eigenvalue weighted by Gasteiger charge is 2.47. The van der Waals surface area contributed by atoms with Crippen LogP contribution < -0.4 is 5.32 Å². The van der Waals surface area contributed by atoms with Crippen molar-refractivity contribution in [2.45, 2.75) is 31.1 Å². The molecule has 1 aromatic carbocycles. The number of alkyl halides is 3. The van der Waals surface area contributed by atoms with E-state index < -0.39 is 11.7 Å². The van der Waals surface area contributed by atoms with Gasteiger partial charge in [0.05, 0.1) is 11.6 Å². The van der Waals surface area contributed by atoms with Crippen molar-refractivity contribution in [1.82, 2.24) is 14.9 Å². The fourth-order valence-corrected chi connectivity index (χ4v) is 4.86. The van der Waals surface area contributed by atoms with E-state index in [4.69, 9.17) is 0 Å². The van der Waals surface area contributed by atoms with Gasteiger partial charge < -0.3 is 10.2 Å². The number of hydrogen-bond donors (Lipinski definition) is 1. The Morgan fingerprint density at radius 1 is 1.03 bits per heavy atom. The van der Waals surface area contributed by atoms with Gasteiger partial charge in [-0.2, -0.15) is 13.2 Å². The van der Waals surface area contributed by atoms with E-state index in [2.05, 4.69) is 15.3 Å². The van der Waals surface area contributed by atoms with Gasteiger partial charge in [0, 0.05) is 36.7 Å². The third-order valence-electron chi connectivity index (χ3n) is 6.32. The smallest absolute Gasteiger partial charge is 0.365 e. The molecular formula is C24H21F3N4O. The summed E-state index contributed by atoms with van der Waals surface area (Å²) in [6.45, 7) is 0.687. The Kier molecular flexibility index (Phi) is 5.07. The summed E-state index contributed by atoms with van der Waals surface area (Å²) in [6.07, 6.45) is 1.56. The minimum absolute atomic E-state index is 0.0258. The summed E-state index contributed by atoms with van der Waals surface area (Å²) in [5.74, 6) is 0.723. The molecule has 164 valence electrons. The first-order chi connectivity index (χ1) is 15.4. The van der Waals surface area contributed by atoms with Crippen molar-refractivity contribution < 1.29 is 18.0 Å². The molecule has 0 spiro atoms. The summed E-state index contributed by atoms with van der Waals surface area (Å²) < 4.78 is 38.4. The topological polar surface area (TPSA) is 58.1 Å². The van der Waals surface area contributed by atoms with E-state index in [0.717, 1.165) is 36.2 Å². The highest BCUT2D eigenvalue weighted by atomic mass is 19.4. The second kappa shape index (κ2) is 7.93. The lowest BCUT2D eigenvalue weighted by Crippen LogP contribution is -2.47. The van der Waals surface area contributed by atoms with Crippen LogP contribution in [0.2, 0.25) is 0 Å². The van der Waals surface area contributed by atoms with Crippen molar-refractivity contribution in [3.8, 4) is 11.1 Å². The molecule has 3 atom stereocenters. The van der Waals surface area contributed by atoms with Crippen LogP contribution in [0.15, 0.2) is 67.1 Å². The lowest BCUT2D eigenvalue weighted by molar-refractivity contribution is -0.137. The number of likely N-dealkylation sites (tertiary alicyclic amines) is 1. The molecule has 8 heteroatoms. The van der Waals surface area contributed by atoms with Crippen LogP contribution in [0.4, 0.5) is 19.0 Å². The number of rotatable bonds is 4. The zero-order valence-corrected chi connectivity index (χ0v) is 17.1. The van der Waals surface area contributed by atoms with Gasteiger partial charge in [0.1, 0.15) is 5.82 Å². The molecule has 1 N–H and O–H groups in total. The van der Waals surface area contributed by atoms with Gasteiger partial charge in [-0.1, -0.05) is 18.2 Å². The minimum atomic E-state index is -4.41. The Labute approximate surface area is 183 Å². The third-order valence-corrected chi connectivity index (χ3v) is 6.32. The maximum Gasteiger partial charge on any atom is 0.417 e. The van der Waals surface area contributed by atoms with Crippen LogP contribution in [0.1, 0.15) is 28.8 Å². The summed E-state index contributed by atoms with van der Waals surface area (Å²) in [5.41, 5.74) is 1.65. The van der Waals surface area contributed by atoms with Gasteiger partial charge in [0.25, 0.3) is 5.91 Å². The number of pyridine rings is 2. The summed E-state index contributed by atoms with van der Waals surface area (Å²) in [7, 11) is 0. The maximum absolute atomic E-state index is 13.5. The molecule has 3 heterocycles. The van der Waals surface area contributed by atoms with Gasteiger partial charge in [-0.3, -0.25) is 9.78 Å². The molecular weight excluding hydrogens is 417 g/mol. The average Bonchev–Trinajstić information content (AvgIpc) is 3.40. The first-order valence-electron chi connectivity index (χ1n) is 10.5. The molecule has 32 heavy (non-hydrogen) atoms. The van der Waals surface area contributed by atoms with Gasteiger partial charge in [0.2, 0.25) is 0 Å². The number of nitrogens with one attached hydrogen (secondary N) is 1. The van der Waals surface area contributed by atoms with Crippen LogP contribution in [0.25, 0.3) is 11.1 Å². The number of anilines is 1. The fraction of sp³-hybridized carbons (Fsp3) is 0.292. The molecule has 2 aromatic heterocycles. The Morgan fingerprint density at radius 3 is 2.50 bits per heavy atom. The maximum atomic E-state index is 13.5. The minimum Gasteiger partial charge on any atom is -0.365 e. The lowest BCUT2D eigenvalue weighted by Gasteiger charge is -2.34. The van der Waals surface area contributed by atoms with E-state index in [-0.39, 0.29) is 18.0 Å². The van der Waals surface area contributed by atoms with Crippen LogP contribution in [0, 0.1) is 5.92 Å². The van der Waals surface area contributed by atoms with E-state index in [1.807, 2.05) is 41.3 Å². The molecule has 5 nitrogen and oxygen atoms in total. The van der Waals surface area contributed by atoms with Gasteiger partial charge >= 0.3 is 6.18 Å². The Hall–Kier alpha value is -3.42. The molecule has 1 saturated carbocycles. The number of benzene rings is 1. The SMILES string of the molecule is O=C(c1ccccc1-c1ccncc1)N1CC2CC(Nc3ccc(C(F)(F)F)cn3)C1C2. The predicted molar refractivity (Wildman–Crippen MR) is 114 cm³/mol. The summed E-state index contributed by atoms with van der Waals surface area (Å²) >= 11 is 0. The molecule has 1 saturated heterocycles. The van der Waals surface area contributed by atoms with Gasteiger partial charge in [-0.05, 0) is 60.2 Å². The second-order valence-corrected chi connectivity index (χ2v) is 8.32. The van der Waals surface area contributed by atoms with Crippen molar-refractivity contribution in [3.05, 3.63) is 78.2 Å². The molecule has 1 aliphatic heterocycles. The van der Waals surface area contributed by atoms with Crippen LogP contribution in [-0.4, -0.2) is 39.4 Å². The van der Waals surface area contributed by atoms with E-state index in [1.54, 1.807) is 12.4 Å². The zero-order chi connectivity index (χ0) is 22.3. The van der Waals surface area contributed by atoms with Crippen molar-refractivity contribution in [2.24, 2.45) is 5.92 Å². The molecule has 5 rings (SSSR count). The number of carbonyl (C=O) groups excluding carboxylic acids is 1. The standard InChI is InChI=1S/C24H21F3N4O/c25-24(26,27)17-5-6-22(29-13-17)30-20-11-15-12-21(20)31(14-15)23(32)19-4-2-1-3-18(19)16-7-9-28-10-8-16/h1-10,13,15,20-21H,11-12,14H2,(H,29,30). The molecule has 2 fully saturated rings. The second-order valence-electron chi connectivity index (χ2n) is 8.32. The first kappa shape index (κ1) is 20.5. The normalized spacial score (nSPS) is 22.2. The molecule has 3 unspecified atom stereocenters. The Balaban J connectivity index is 1.35. The lowest BCUT2D eigenvalue weighted by atomic mass is 9.98. The third kappa shape index (κ3) is 3.81. The molecule has 1 amide bonds. The zero-order valence-electron chi connectivity index (χ0n) is 17.1. The summed E-state index contributed by atoms with van der Waals surface area (Å²) in [4.78, 5) is 23.4. The van der Waals surface area contributed by atoms with Gasteiger partial charge in [-0.15, -0.1) is 0 Å². The summed E-state index contributed by atoms with van der Waals surface area (Å²) in [6, 6.07) is 13.6. The fourth-order valence-electron chi connectivity index (χ4n) is 4.86. The van der Waals surface area contributed by atoms with E-state index in [9.17, 15) is 18.0 Å². The van der Waals surface area contributed by atoms with E-state index in [1.165, 1.54) is 6.07 Å². The van der Waals surface area contributed by atoms with Crippen LogP contribution in [0.3, 0.4) is 0 Å². The number of fused-ring (bicyclic) bond motifs is 2. The molecule has 2 bridgehead atoms. The van der Waals surface area contributed by atoms with Crippen LogP contribution >= 0.6 is 0 Å². The average molecular weight is 438 g/mol. The largest absolute Gasteiger partial charge is 0.417 e. The van der Waals surface area contributed by atoms with Gasteiger partial charge in [0.15, 0.2) is 0 Å². The predicted octanol–water partition coefficient (Wildman–Crippen LogP) is 4.88. The van der Waals surface area contributed by atoms with E-state index >= 15 is 0 Å². The van der Waals surface area contributed by atoms with Crippen molar-refractivity contribution in [2.75, 3.05) is 11.9 Å². The van der Waals surface area contributed by atoms with Crippen molar-refractivity contribution >= 4 is 11.7 Å². The highest BCUT2D eigenvalue weighted by Crippen LogP contribution is 2.40. The molecule has 1 aliphatic carbocycles. The number of hydrogen-bond acceptors (Lipinski definition) is 4. The van der Waals surface area contributed by atoms with Crippen molar-refractivity contribution in [1.29, 1.82) is 0 Å². The van der Waals surface area contributed by atoms with Crippen LogP contribution in [0.5, 0.6) is 0 Å². The molecule has 3 aromatic rings. The summed E-state index contributed by atoms with van der Waals surface area (Å²) in [5, 5.41) is 3.25. The molecule has 2 aliphatic rings. The first-order valence-corrected chi connectivity index (χ1v) is 10.5. The molecule has 0 radical (unpaired) electrons. The Bertz CT molecular complexity index is 1120. The quantitative estimate of drug-likeness (QED) is 0.631. The number of aromatic nitrogens is 2. The highest BCUT2D eigenvalue weighted by molar-refractivity contribution is 6.01. The van der Waals surface area contributed by atoms with Crippen LogP contribution in [-0.2, 0) is 6.18 Å². The number of piperidine rings is 1. The number of nitrogens with zero attached hydrogens (tertiary/aromatic N) is 3. The number of amides is 1. The Morgan fingerprint density at radius 2 is 1.81 bits per heavy atom. The monoisotopic (exact) mass is 438 g/mol. The number of carbonyl (C=O) groups is 1. The van der Waals surface area contributed by atoms with Crippen molar-refractivity contribution in [3.63, 3.8) is 0 Å².